The van der Waals surface area contributed by atoms with Crippen molar-refractivity contribution in [3.05, 3.63) is 77.5 Å². The molecule has 0 spiro atoms. The first kappa shape index (κ1) is 17.3. The molecule has 0 atom stereocenters. The van der Waals surface area contributed by atoms with Crippen LogP contribution in [0.1, 0.15) is 16.7 Å². The minimum absolute atomic E-state index is 0.891. The maximum absolute atomic E-state index is 6.52. The van der Waals surface area contributed by atoms with Crippen LogP contribution >= 0.6 is 0 Å². The minimum Gasteiger partial charge on any atom is -0.456 e. The fourth-order valence-electron chi connectivity index (χ4n) is 4.69. The molecule has 0 N–H and O–H groups in total. The fraction of sp³-hybridized carbons (Fsp3) is 0.148. The summed E-state index contributed by atoms with van der Waals surface area (Å²) in [4.78, 5) is 0. The summed E-state index contributed by atoms with van der Waals surface area (Å²) in [6.07, 6.45) is 2.19. The topological polar surface area (TPSA) is 30.2 Å². The summed E-state index contributed by atoms with van der Waals surface area (Å²) in [5.41, 5.74) is 9.69. The average molecular weight is 392 g/mol. The number of fused-ring (bicyclic) bond motifs is 7. The minimum atomic E-state index is 0.891. The van der Waals surface area contributed by atoms with Gasteiger partial charge in [-0.2, -0.15) is 0 Å². The van der Waals surface area contributed by atoms with Gasteiger partial charge in [-0.15, -0.1) is 0 Å². The van der Waals surface area contributed by atoms with Crippen LogP contribution < -0.4 is 4.57 Å². The molecule has 0 radical (unpaired) electrons. The number of para-hydroxylation sites is 1. The number of hydrogen-bond donors (Lipinski definition) is 0. The number of nitrogens with zero attached hydrogens (tertiary/aromatic N) is 1. The van der Waals surface area contributed by atoms with Crippen LogP contribution in [0.25, 0.3) is 55.1 Å². The van der Waals surface area contributed by atoms with Gasteiger partial charge in [-0.25, -0.2) is 4.57 Å². The third kappa shape index (κ3) is 2.23. The molecule has 0 aliphatic rings. The van der Waals surface area contributed by atoms with E-state index in [9.17, 15) is 0 Å². The van der Waals surface area contributed by atoms with Gasteiger partial charge in [0.15, 0.2) is 6.20 Å². The van der Waals surface area contributed by atoms with Crippen molar-refractivity contribution in [1.82, 2.24) is 0 Å². The summed E-state index contributed by atoms with van der Waals surface area (Å²) < 4.78 is 14.8. The van der Waals surface area contributed by atoms with Crippen molar-refractivity contribution < 1.29 is 13.4 Å². The molecule has 0 unspecified atom stereocenters. The third-order valence-corrected chi connectivity index (χ3v) is 6.35. The van der Waals surface area contributed by atoms with Gasteiger partial charge in [-0.3, -0.25) is 0 Å². The van der Waals surface area contributed by atoms with Gasteiger partial charge in [-0.05, 0) is 50.1 Å². The maximum atomic E-state index is 6.52. The summed E-state index contributed by atoms with van der Waals surface area (Å²) in [6.45, 7) is 6.46. The molecule has 0 saturated carbocycles. The highest BCUT2D eigenvalue weighted by molar-refractivity contribution is 6.26. The second-order valence-electron chi connectivity index (χ2n) is 8.28. The quantitative estimate of drug-likeness (QED) is 0.285. The van der Waals surface area contributed by atoms with E-state index in [4.69, 9.17) is 8.83 Å². The smallest absolute Gasteiger partial charge is 0.216 e. The van der Waals surface area contributed by atoms with Gasteiger partial charge in [-0.1, -0.05) is 30.3 Å². The van der Waals surface area contributed by atoms with Gasteiger partial charge in [0.05, 0.1) is 5.56 Å². The lowest BCUT2D eigenvalue weighted by atomic mass is 9.98. The summed E-state index contributed by atoms with van der Waals surface area (Å²) in [7, 11) is 2.10. The Morgan fingerprint density at radius 1 is 0.667 bits per heavy atom. The lowest BCUT2D eigenvalue weighted by Crippen LogP contribution is -2.31. The Labute approximate surface area is 174 Å². The molecule has 3 heteroatoms. The molecule has 30 heavy (non-hydrogen) atoms. The highest BCUT2D eigenvalue weighted by Gasteiger charge is 2.23. The van der Waals surface area contributed by atoms with Crippen molar-refractivity contribution in [3.63, 3.8) is 0 Å². The van der Waals surface area contributed by atoms with E-state index in [1.54, 1.807) is 0 Å². The molecular formula is C27H22NO2+. The molecule has 6 aromatic rings. The zero-order valence-electron chi connectivity index (χ0n) is 17.5. The van der Waals surface area contributed by atoms with Crippen molar-refractivity contribution >= 4 is 43.9 Å². The fourth-order valence-corrected chi connectivity index (χ4v) is 4.69. The van der Waals surface area contributed by atoms with Crippen LogP contribution in [0.3, 0.4) is 0 Å². The van der Waals surface area contributed by atoms with Crippen LogP contribution in [0.2, 0.25) is 0 Å². The zero-order valence-corrected chi connectivity index (χ0v) is 17.5. The molecule has 6 rings (SSSR count). The highest BCUT2D eigenvalue weighted by Crippen LogP contribution is 2.42. The third-order valence-electron chi connectivity index (χ3n) is 6.35. The summed E-state index contributed by atoms with van der Waals surface area (Å²) >= 11 is 0. The number of rotatable bonds is 1. The molecule has 0 fully saturated rings. The molecule has 3 heterocycles. The van der Waals surface area contributed by atoms with Crippen LogP contribution in [0.15, 0.2) is 69.6 Å². The van der Waals surface area contributed by atoms with Gasteiger partial charge in [0.25, 0.3) is 0 Å². The van der Waals surface area contributed by atoms with Crippen LogP contribution in [-0.4, -0.2) is 0 Å². The highest BCUT2D eigenvalue weighted by atomic mass is 16.3. The number of furan rings is 2. The van der Waals surface area contributed by atoms with Gasteiger partial charge < -0.3 is 8.83 Å². The van der Waals surface area contributed by atoms with E-state index < -0.39 is 0 Å². The first-order chi connectivity index (χ1) is 14.5. The SMILES string of the molecule is Cc1cc(-c2c(C)ccc3c2oc2ccc4oc5ccccc5c4c23)[n+](C)cc1C. The van der Waals surface area contributed by atoms with Gasteiger partial charge in [0.2, 0.25) is 5.69 Å². The van der Waals surface area contributed by atoms with Crippen molar-refractivity contribution in [2.45, 2.75) is 20.8 Å². The van der Waals surface area contributed by atoms with Gasteiger partial charge in [0.1, 0.15) is 29.4 Å². The molecular weight excluding hydrogens is 370 g/mol. The normalized spacial score (nSPS) is 12.0. The van der Waals surface area contributed by atoms with E-state index in [0.717, 1.165) is 55.1 Å². The molecule has 146 valence electrons. The van der Waals surface area contributed by atoms with Crippen LogP contribution in [-0.2, 0) is 7.05 Å². The molecule has 0 bridgehead atoms. The van der Waals surface area contributed by atoms with Crippen LogP contribution in [0.5, 0.6) is 0 Å². The number of hydrogen-bond acceptors (Lipinski definition) is 2. The molecule has 0 aliphatic carbocycles. The Bertz CT molecular complexity index is 1630. The Morgan fingerprint density at radius 3 is 2.23 bits per heavy atom. The summed E-state index contributed by atoms with van der Waals surface area (Å²) in [5, 5.41) is 4.50. The van der Waals surface area contributed by atoms with Crippen LogP contribution in [0, 0.1) is 20.8 Å². The lowest BCUT2D eigenvalue weighted by Gasteiger charge is -2.07. The monoisotopic (exact) mass is 392 g/mol. The Morgan fingerprint density at radius 2 is 1.40 bits per heavy atom. The second-order valence-corrected chi connectivity index (χ2v) is 8.28. The molecule has 3 nitrogen and oxygen atoms in total. The average Bonchev–Trinajstić information content (AvgIpc) is 3.28. The predicted molar refractivity (Wildman–Crippen MR) is 122 cm³/mol. The number of pyridine rings is 1. The Kier molecular flexibility index (Phi) is 3.43. The van der Waals surface area contributed by atoms with Gasteiger partial charge in [0, 0.05) is 33.2 Å². The van der Waals surface area contributed by atoms with Gasteiger partial charge >= 0.3 is 0 Å². The maximum Gasteiger partial charge on any atom is 0.216 e. The Hall–Kier alpha value is -3.59. The van der Waals surface area contributed by atoms with E-state index in [2.05, 4.69) is 68.9 Å². The number of benzene rings is 3. The van der Waals surface area contributed by atoms with Crippen molar-refractivity contribution in [3.8, 4) is 11.3 Å². The molecule has 3 aromatic heterocycles. The van der Waals surface area contributed by atoms with E-state index >= 15 is 0 Å². The van der Waals surface area contributed by atoms with Crippen molar-refractivity contribution in [1.29, 1.82) is 0 Å². The van der Waals surface area contributed by atoms with E-state index in [0.29, 0.717) is 0 Å². The standard InChI is InChI=1S/C27H22NO2/c1-15-9-10-19-26-23(12-11-22-25(26)18-7-5-6-8-21(18)29-22)30-27(19)24(15)20-13-16(2)17(3)14-28(20)4/h5-14H,1-4H3/q+1. The molecule has 3 aromatic carbocycles. The first-order valence-electron chi connectivity index (χ1n) is 10.3. The number of aryl methyl sites for hydroxylation is 4. The van der Waals surface area contributed by atoms with E-state index in [1.165, 1.54) is 16.7 Å². The molecule has 0 amide bonds. The Balaban J connectivity index is 1.80. The molecule has 0 saturated heterocycles. The summed E-state index contributed by atoms with van der Waals surface area (Å²) in [6, 6.07) is 18.9. The molecule has 0 aliphatic heterocycles. The largest absolute Gasteiger partial charge is 0.456 e. The van der Waals surface area contributed by atoms with Crippen LogP contribution in [0.4, 0.5) is 0 Å². The zero-order chi connectivity index (χ0) is 20.6. The predicted octanol–water partition coefficient (Wildman–Crippen LogP) is 6.90. The lowest BCUT2D eigenvalue weighted by molar-refractivity contribution is -0.660. The van der Waals surface area contributed by atoms with Crippen molar-refractivity contribution in [2.75, 3.05) is 0 Å². The van der Waals surface area contributed by atoms with E-state index in [-0.39, 0.29) is 0 Å². The van der Waals surface area contributed by atoms with Crippen molar-refractivity contribution in [2.24, 2.45) is 7.05 Å². The number of aromatic nitrogens is 1. The summed E-state index contributed by atoms with van der Waals surface area (Å²) in [5.74, 6) is 0. The second kappa shape index (κ2) is 5.96. The van der Waals surface area contributed by atoms with E-state index in [1.807, 2.05) is 24.3 Å². The first-order valence-corrected chi connectivity index (χ1v) is 10.3.